The van der Waals surface area contributed by atoms with Gasteiger partial charge in [0.2, 0.25) is 0 Å². The molecule has 2 heterocycles. The molecule has 5 heteroatoms. The maximum absolute atomic E-state index is 5.28. The molecule has 0 aromatic carbocycles. The second kappa shape index (κ2) is 5.29. The van der Waals surface area contributed by atoms with Gasteiger partial charge in [-0.25, -0.2) is 4.98 Å². The van der Waals surface area contributed by atoms with Crippen molar-refractivity contribution in [1.29, 1.82) is 0 Å². The Morgan fingerprint density at radius 1 is 1.50 bits per heavy atom. The van der Waals surface area contributed by atoms with Crippen molar-refractivity contribution in [2.24, 2.45) is 0 Å². The molecule has 1 N–H and O–H groups in total. The van der Waals surface area contributed by atoms with Crippen molar-refractivity contribution >= 4 is 16.5 Å². The monoisotopic (exact) mass is 213 g/mol. The number of thiazole rings is 1. The van der Waals surface area contributed by atoms with Crippen molar-refractivity contribution in [2.45, 2.75) is 0 Å². The molecular formula is C9H15N3OS. The van der Waals surface area contributed by atoms with E-state index in [1.165, 1.54) is 0 Å². The van der Waals surface area contributed by atoms with Crippen LogP contribution in [0.4, 0.5) is 5.13 Å². The fourth-order valence-electron chi connectivity index (χ4n) is 1.46. The Morgan fingerprint density at radius 3 is 3.07 bits per heavy atom. The molecule has 2 rings (SSSR count). The van der Waals surface area contributed by atoms with Gasteiger partial charge in [0.25, 0.3) is 0 Å². The number of morpholine rings is 1. The van der Waals surface area contributed by atoms with Crippen LogP contribution in [0.15, 0.2) is 11.6 Å². The topological polar surface area (TPSA) is 37.4 Å². The van der Waals surface area contributed by atoms with Crippen molar-refractivity contribution in [3.8, 4) is 0 Å². The van der Waals surface area contributed by atoms with Crippen molar-refractivity contribution in [2.75, 3.05) is 44.7 Å². The van der Waals surface area contributed by atoms with Gasteiger partial charge < -0.3 is 10.1 Å². The molecule has 1 fully saturated rings. The van der Waals surface area contributed by atoms with Gasteiger partial charge in [0.05, 0.1) is 13.2 Å². The summed E-state index contributed by atoms with van der Waals surface area (Å²) in [7, 11) is 0. The Morgan fingerprint density at radius 2 is 2.36 bits per heavy atom. The molecule has 0 bridgehead atoms. The average molecular weight is 213 g/mol. The van der Waals surface area contributed by atoms with Gasteiger partial charge in [0.15, 0.2) is 5.13 Å². The lowest BCUT2D eigenvalue weighted by atomic mass is 10.4. The fraction of sp³-hybridized carbons (Fsp3) is 0.667. The van der Waals surface area contributed by atoms with Gasteiger partial charge in [-0.2, -0.15) is 0 Å². The quantitative estimate of drug-likeness (QED) is 0.806. The van der Waals surface area contributed by atoms with Gasteiger partial charge in [-0.1, -0.05) is 0 Å². The third-order valence-electron chi connectivity index (χ3n) is 2.24. The van der Waals surface area contributed by atoms with E-state index in [4.69, 9.17) is 4.74 Å². The van der Waals surface area contributed by atoms with E-state index in [-0.39, 0.29) is 0 Å². The molecule has 1 aromatic rings. The van der Waals surface area contributed by atoms with Gasteiger partial charge in [-0.3, -0.25) is 4.90 Å². The number of ether oxygens (including phenoxy) is 1. The van der Waals surface area contributed by atoms with Crippen molar-refractivity contribution in [3.05, 3.63) is 11.6 Å². The summed E-state index contributed by atoms with van der Waals surface area (Å²) in [6, 6.07) is 0. The Hall–Kier alpha value is -0.650. The summed E-state index contributed by atoms with van der Waals surface area (Å²) >= 11 is 1.64. The molecule has 0 aliphatic carbocycles. The van der Waals surface area contributed by atoms with E-state index in [1.807, 2.05) is 11.6 Å². The number of rotatable bonds is 4. The van der Waals surface area contributed by atoms with Crippen LogP contribution in [0.1, 0.15) is 0 Å². The summed E-state index contributed by atoms with van der Waals surface area (Å²) in [5.74, 6) is 0. The molecule has 0 radical (unpaired) electrons. The van der Waals surface area contributed by atoms with Crippen LogP contribution in [0.5, 0.6) is 0 Å². The van der Waals surface area contributed by atoms with Gasteiger partial charge in [0, 0.05) is 37.8 Å². The molecule has 0 atom stereocenters. The third-order valence-corrected chi connectivity index (χ3v) is 2.97. The SMILES string of the molecule is c1csc(NCCN2CCOCC2)n1. The summed E-state index contributed by atoms with van der Waals surface area (Å²) in [4.78, 5) is 6.57. The maximum atomic E-state index is 5.28. The van der Waals surface area contributed by atoms with Crippen LogP contribution in [-0.4, -0.2) is 49.3 Å². The lowest BCUT2D eigenvalue weighted by Crippen LogP contribution is -2.38. The first-order valence-electron chi connectivity index (χ1n) is 4.88. The van der Waals surface area contributed by atoms with Crippen LogP contribution in [0.25, 0.3) is 0 Å². The lowest BCUT2D eigenvalue weighted by Gasteiger charge is -2.26. The molecular weight excluding hydrogens is 198 g/mol. The van der Waals surface area contributed by atoms with Gasteiger partial charge in [0.1, 0.15) is 0 Å². The normalized spacial score (nSPS) is 18.3. The molecule has 1 aromatic heterocycles. The van der Waals surface area contributed by atoms with Gasteiger partial charge in [-0.05, 0) is 0 Å². The van der Waals surface area contributed by atoms with E-state index in [2.05, 4.69) is 15.2 Å². The van der Waals surface area contributed by atoms with E-state index >= 15 is 0 Å². The van der Waals surface area contributed by atoms with Crippen LogP contribution < -0.4 is 5.32 Å². The smallest absolute Gasteiger partial charge is 0.182 e. The van der Waals surface area contributed by atoms with Crippen molar-refractivity contribution in [1.82, 2.24) is 9.88 Å². The van der Waals surface area contributed by atoms with E-state index in [9.17, 15) is 0 Å². The summed E-state index contributed by atoms with van der Waals surface area (Å²) < 4.78 is 5.28. The van der Waals surface area contributed by atoms with Crippen molar-refractivity contribution < 1.29 is 4.74 Å². The molecule has 1 saturated heterocycles. The highest BCUT2D eigenvalue weighted by atomic mass is 32.1. The number of hydrogen-bond acceptors (Lipinski definition) is 5. The van der Waals surface area contributed by atoms with Crippen LogP contribution in [0.3, 0.4) is 0 Å². The summed E-state index contributed by atoms with van der Waals surface area (Å²) in [5.41, 5.74) is 0. The highest BCUT2D eigenvalue weighted by Gasteiger charge is 2.09. The molecule has 0 unspecified atom stereocenters. The first-order chi connectivity index (χ1) is 6.95. The zero-order valence-electron chi connectivity index (χ0n) is 8.11. The average Bonchev–Trinajstić information content (AvgIpc) is 2.72. The largest absolute Gasteiger partial charge is 0.379 e. The number of anilines is 1. The van der Waals surface area contributed by atoms with Crippen LogP contribution >= 0.6 is 11.3 Å². The number of aromatic nitrogens is 1. The maximum Gasteiger partial charge on any atom is 0.182 e. The predicted octanol–water partition coefficient (Wildman–Crippen LogP) is 0.887. The van der Waals surface area contributed by atoms with E-state index in [0.29, 0.717) is 0 Å². The highest BCUT2D eigenvalue weighted by Crippen LogP contribution is 2.09. The van der Waals surface area contributed by atoms with E-state index in [0.717, 1.165) is 44.5 Å². The highest BCUT2D eigenvalue weighted by molar-refractivity contribution is 7.13. The molecule has 78 valence electrons. The van der Waals surface area contributed by atoms with Crippen LogP contribution in [0, 0.1) is 0 Å². The number of nitrogens with one attached hydrogen (secondary N) is 1. The summed E-state index contributed by atoms with van der Waals surface area (Å²) in [5, 5.41) is 6.29. The number of nitrogens with zero attached hydrogens (tertiary/aromatic N) is 2. The number of hydrogen-bond donors (Lipinski definition) is 1. The van der Waals surface area contributed by atoms with Crippen LogP contribution in [-0.2, 0) is 4.74 Å². The Bertz CT molecular complexity index is 247. The van der Waals surface area contributed by atoms with E-state index < -0.39 is 0 Å². The molecule has 14 heavy (non-hydrogen) atoms. The molecule has 0 amide bonds. The predicted molar refractivity (Wildman–Crippen MR) is 57.9 cm³/mol. The minimum absolute atomic E-state index is 0.872. The molecule has 1 aliphatic rings. The first-order valence-corrected chi connectivity index (χ1v) is 5.76. The molecule has 0 saturated carbocycles. The minimum atomic E-state index is 0.872. The van der Waals surface area contributed by atoms with Gasteiger partial charge >= 0.3 is 0 Å². The van der Waals surface area contributed by atoms with E-state index in [1.54, 1.807) is 11.3 Å². The van der Waals surface area contributed by atoms with Crippen LogP contribution in [0.2, 0.25) is 0 Å². The Balaban J connectivity index is 1.62. The third kappa shape index (κ3) is 2.94. The Labute approximate surface area is 87.9 Å². The molecule has 4 nitrogen and oxygen atoms in total. The fourth-order valence-corrected chi connectivity index (χ4v) is 2.01. The zero-order chi connectivity index (χ0) is 9.64. The Kier molecular flexibility index (Phi) is 3.73. The van der Waals surface area contributed by atoms with Gasteiger partial charge in [-0.15, -0.1) is 11.3 Å². The second-order valence-corrected chi connectivity index (χ2v) is 4.11. The summed E-state index contributed by atoms with van der Waals surface area (Å²) in [6.45, 7) is 5.89. The summed E-state index contributed by atoms with van der Waals surface area (Å²) in [6.07, 6.45) is 1.82. The molecule has 0 spiro atoms. The second-order valence-electron chi connectivity index (χ2n) is 3.22. The first kappa shape index (κ1) is 9.89. The lowest BCUT2D eigenvalue weighted by molar-refractivity contribution is 0.0398. The minimum Gasteiger partial charge on any atom is -0.379 e. The zero-order valence-corrected chi connectivity index (χ0v) is 8.92. The standard InChI is InChI=1S/C9H15N3OS/c1(10-9-11-2-8-14-9)3-12-4-6-13-7-5-12/h2,8H,1,3-7H2,(H,10,11). The van der Waals surface area contributed by atoms with Crippen molar-refractivity contribution in [3.63, 3.8) is 0 Å². The molecule has 1 aliphatic heterocycles.